The molecule has 0 bridgehead atoms. The van der Waals surface area contributed by atoms with Crippen LogP contribution in [0.15, 0.2) is 35.7 Å². The van der Waals surface area contributed by atoms with Gasteiger partial charge in [0, 0.05) is 17.0 Å². The first kappa shape index (κ1) is 18.1. The number of halogens is 1. The zero-order valence-corrected chi connectivity index (χ0v) is 17.5. The van der Waals surface area contributed by atoms with E-state index in [1.807, 2.05) is 19.1 Å². The van der Waals surface area contributed by atoms with Gasteiger partial charge in [-0.05, 0) is 74.8 Å². The Bertz CT molecular complexity index is 1130. The molecule has 1 aromatic carbocycles. The summed E-state index contributed by atoms with van der Waals surface area (Å²) in [6.07, 6.45) is 3.71. The smallest absolute Gasteiger partial charge is 0.151 e. The third-order valence-corrected chi connectivity index (χ3v) is 6.88. The van der Waals surface area contributed by atoms with E-state index >= 15 is 0 Å². The van der Waals surface area contributed by atoms with Crippen LogP contribution in [0.4, 0.5) is 0 Å². The van der Waals surface area contributed by atoms with Crippen molar-refractivity contribution in [1.29, 1.82) is 0 Å². The normalized spacial score (nSPS) is 15.6. The topological polar surface area (TPSA) is 42.7 Å². The summed E-state index contributed by atoms with van der Waals surface area (Å²) in [5, 5.41) is 7.44. The van der Waals surface area contributed by atoms with Gasteiger partial charge in [0.05, 0.1) is 21.6 Å². The second-order valence-corrected chi connectivity index (χ2v) is 8.99. The average molecular weight is 411 g/mol. The molecule has 0 amide bonds. The molecule has 1 fully saturated rings. The molecule has 3 aromatic heterocycles. The van der Waals surface area contributed by atoms with Crippen molar-refractivity contribution < 1.29 is 0 Å². The van der Waals surface area contributed by atoms with Crippen molar-refractivity contribution in [3.63, 3.8) is 0 Å². The molecule has 144 valence electrons. The van der Waals surface area contributed by atoms with Crippen LogP contribution < -0.4 is 5.32 Å². The van der Waals surface area contributed by atoms with Gasteiger partial charge in [0.1, 0.15) is 5.52 Å². The Kier molecular flexibility index (Phi) is 4.83. The predicted octanol–water partition coefficient (Wildman–Crippen LogP) is 5.66. The highest BCUT2D eigenvalue weighted by Gasteiger charge is 2.20. The van der Waals surface area contributed by atoms with Gasteiger partial charge in [0.2, 0.25) is 0 Å². The van der Waals surface area contributed by atoms with Gasteiger partial charge in [-0.2, -0.15) is 0 Å². The maximum absolute atomic E-state index is 6.24. The molecule has 0 saturated carbocycles. The lowest BCUT2D eigenvalue weighted by Crippen LogP contribution is -2.28. The van der Waals surface area contributed by atoms with Gasteiger partial charge >= 0.3 is 0 Å². The fourth-order valence-electron chi connectivity index (χ4n) is 4.30. The predicted molar refractivity (Wildman–Crippen MR) is 118 cm³/mol. The van der Waals surface area contributed by atoms with E-state index in [9.17, 15) is 0 Å². The van der Waals surface area contributed by atoms with Gasteiger partial charge in [-0.1, -0.05) is 17.7 Å². The minimum absolute atomic E-state index is 0.720. The van der Waals surface area contributed by atoms with Gasteiger partial charge in [-0.3, -0.25) is 4.98 Å². The number of fused-ring (bicyclic) bond motifs is 3. The van der Waals surface area contributed by atoms with Crippen molar-refractivity contribution in [1.82, 2.24) is 19.9 Å². The molecule has 0 atom stereocenters. The van der Waals surface area contributed by atoms with Crippen LogP contribution >= 0.6 is 22.9 Å². The molecule has 0 aliphatic carbocycles. The van der Waals surface area contributed by atoms with Gasteiger partial charge < -0.3 is 9.88 Å². The summed E-state index contributed by atoms with van der Waals surface area (Å²) in [5.41, 5.74) is 4.10. The van der Waals surface area contributed by atoms with E-state index in [-0.39, 0.29) is 0 Å². The number of benzene rings is 1. The van der Waals surface area contributed by atoms with Crippen molar-refractivity contribution in [2.45, 2.75) is 32.7 Å². The molecule has 0 spiro atoms. The van der Waals surface area contributed by atoms with Gasteiger partial charge in [-0.15, -0.1) is 11.3 Å². The number of nitrogens with one attached hydrogen (secondary N) is 1. The Hall–Kier alpha value is -1.95. The quantitative estimate of drug-likeness (QED) is 0.471. The summed E-state index contributed by atoms with van der Waals surface area (Å²) in [6.45, 7) is 5.30. The standard InChI is InChI=1S/C22H23ClN4S/c1-14-20-21(17-5-4-16(23)13-18(17)25-14)27(11-8-15-6-9-24-10-7-15)22(26-20)19-3-2-12-28-19/h2-5,12-13,15,24H,6-11H2,1H3. The summed E-state index contributed by atoms with van der Waals surface area (Å²) in [7, 11) is 0. The number of thiophene rings is 1. The molecule has 1 aliphatic rings. The van der Waals surface area contributed by atoms with Crippen LogP contribution in [-0.4, -0.2) is 27.6 Å². The Balaban J connectivity index is 1.69. The highest BCUT2D eigenvalue weighted by molar-refractivity contribution is 7.13. The monoisotopic (exact) mass is 410 g/mol. The summed E-state index contributed by atoms with van der Waals surface area (Å²) in [6, 6.07) is 10.3. The van der Waals surface area contributed by atoms with E-state index in [0.29, 0.717) is 0 Å². The first-order valence-corrected chi connectivity index (χ1v) is 11.2. The van der Waals surface area contributed by atoms with E-state index in [0.717, 1.165) is 58.5 Å². The van der Waals surface area contributed by atoms with Crippen molar-refractivity contribution >= 4 is 44.9 Å². The summed E-state index contributed by atoms with van der Waals surface area (Å²) >= 11 is 7.99. The molecule has 4 nitrogen and oxygen atoms in total. The summed E-state index contributed by atoms with van der Waals surface area (Å²) in [5.74, 6) is 1.84. The fourth-order valence-corrected chi connectivity index (χ4v) is 5.19. The second kappa shape index (κ2) is 7.47. The number of piperidine rings is 1. The molecule has 1 saturated heterocycles. The zero-order chi connectivity index (χ0) is 19.1. The van der Waals surface area contributed by atoms with Crippen molar-refractivity contribution in [3.05, 3.63) is 46.4 Å². The number of nitrogens with zero attached hydrogens (tertiary/aromatic N) is 3. The lowest BCUT2D eigenvalue weighted by Gasteiger charge is -2.23. The third kappa shape index (κ3) is 3.21. The zero-order valence-electron chi connectivity index (χ0n) is 15.9. The number of hydrogen-bond donors (Lipinski definition) is 1. The molecule has 4 aromatic rings. The van der Waals surface area contributed by atoms with E-state index in [1.165, 1.54) is 29.7 Å². The molecule has 6 heteroatoms. The second-order valence-electron chi connectivity index (χ2n) is 7.60. The Morgan fingerprint density at radius 3 is 2.86 bits per heavy atom. The number of aromatic nitrogens is 3. The third-order valence-electron chi connectivity index (χ3n) is 5.77. The maximum atomic E-state index is 6.24. The SMILES string of the molecule is Cc1nc2cc(Cl)ccc2c2c1nc(-c1cccs1)n2CCC1CCNCC1. The Morgan fingerprint density at radius 1 is 1.21 bits per heavy atom. The molecule has 5 rings (SSSR count). The van der Waals surface area contributed by atoms with Gasteiger partial charge in [0.25, 0.3) is 0 Å². The minimum atomic E-state index is 0.720. The van der Waals surface area contributed by atoms with Gasteiger partial charge in [-0.25, -0.2) is 4.98 Å². The molecule has 0 radical (unpaired) electrons. The molecule has 4 heterocycles. The number of rotatable bonds is 4. The molecule has 1 N–H and O–H groups in total. The van der Waals surface area contributed by atoms with Gasteiger partial charge in [0.15, 0.2) is 5.82 Å². The van der Waals surface area contributed by atoms with Crippen LogP contribution in [0, 0.1) is 12.8 Å². The first-order chi connectivity index (χ1) is 13.7. The van der Waals surface area contributed by atoms with E-state index < -0.39 is 0 Å². The van der Waals surface area contributed by atoms with Crippen LogP contribution in [0.2, 0.25) is 5.02 Å². The molecule has 28 heavy (non-hydrogen) atoms. The minimum Gasteiger partial charge on any atom is -0.323 e. The fraction of sp³-hybridized carbons (Fsp3) is 0.364. The Morgan fingerprint density at radius 2 is 2.07 bits per heavy atom. The molecular weight excluding hydrogens is 388 g/mol. The van der Waals surface area contributed by atoms with E-state index in [1.54, 1.807) is 11.3 Å². The van der Waals surface area contributed by atoms with Crippen LogP contribution in [0.1, 0.15) is 25.0 Å². The highest BCUT2D eigenvalue weighted by Crippen LogP contribution is 2.34. The molecular formula is C22H23ClN4S. The van der Waals surface area contributed by atoms with Crippen molar-refractivity contribution in [3.8, 4) is 10.7 Å². The number of aryl methyl sites for hydroxylation is 2. The number of imidazole rings is 1. The lowest BCUT2D eigenvalue weighted by molar-refractivity contribution is 0.340. The number of hydrogen-bond acceptors (Lipinski definition) is 4. The van der Waals surface area contributed by atoms with Crippen LogP contribution in [0.3, 0.4) is 0 Å². The van der Waals surface area contributed by atoms with E-state index in [2.05, 4.69) is 33.5 Å². The molecule has 1 aliphatic heterocycles. The maximum Gasteiger partial charge on any atom is 0.151 e. The summed E-state index contributed by atoms with van der Waals surface area (Å²) in [4.78, 5) is 11.1. The largest absolute Gasteiger partial charge is 0.323 e. The van der Waals surface area contributed by atoms with Crippen LogP contribution in [0.5, 0.6) is 0 Å². The Labute approximate surface area is 173 Å². The first-order valence-electron chi connectivity index (χ1n) is 9.91. The lowest BCUT2D eigenvalue weighted by atomic mass is 9.94. The van der Waals surface area contributed by atoms with Crippen molar-refractivity contribution in [2.24, 2.45) is 5.92 Å². The number of pyridine rings is 1. The average Bonchev–Trinajstić information content (AvgIpc) is 3.35. The summed E-state index contributed by atoms with van der Waals surface area (Å²) < 4.78 is 2.42. The van der Waals surface area contributed by atoms with E-state index in [4.69, 9.17) is 21.6 Å². The highest BCUT2D eigenvalue weighted by atomic mass is 35.5. The van der Waals surface area contributed by atoms with Crippen molar-refractivity contribution in [2.75, 3.05) is 13.1 Å². The van der Waals surface area contributed by atoms with Crippen LogP contribution in [0.25, 0.3) is 32.6 Å². The molecule has 0 unspecified atom stereocenters. The van der Waals surface area contributed by atoms with Crippen LogP contribution in [-0.2, 0) is 6.54 Å².